The second kappa shape index (κ2) is 2.47. The zero-order chi connectivity index (χ0) is 7.56. The number of pyridine rings is 1. The van der Waals surface area contributed by atoms with Crippen LogP contribution in [-0.4, -0.2) is 11.2 Å². The Labute approximate surface area is 59.4 Å². The lowest BCUT2D eigenvalue weighted by Crippen LogP contribution is -1.94. The Hall–Kier alpha value is -1.38. The molecule has 0 atom stereocenters. The molecule has 0 unspecified atom stereocenters. The van der Waals surface area contributed by atoms with Gasteiger partial charge in [0.15, 0.2) is 0 Å². The van der Waals surface area contributed by atoms with Crippen LogP contribution < -0.4 is 5.73 Å². The number of rotatable bonds is 1. The number of nitrogens with two attached hydrogens (primary N) is 1. The van der Waals surface area contributed by atoms with Gasteiger partial charge in [0.2, 0.25) is 0 Å². The maximum absolute atomic E-state index is 6.93. The number of aromatic nitrogens is 1. The average Bonchev–Trinajstić information content (AvgIpc) is 1.88. The summed E-state index contributed by atoms with van der Waals surface area (Å²) >= 11 is 0. The van der Waals surface area contributed by atoms with Gasteiger partial charge in [0, 0.05) is 6.21 Å². The van der Waals surface area contributed by atoms with E-state index in [1.165, 1.54) is 6.21 Å². The van der Waals surface area contributed by atoms with E-state index in [4.69, 9.17) is 11.1 Å². The van der Waals surface area contributed by atoms with E-state index in [-0.39, 0.29) is 0 Å². The first-order chi connectivity index (χ1) is 4.74. The van der Waals surface area contributed by atoms with E-state index >= 15 is 0 Å². The molecule has 3 heteroatoms. The molecule has 0 bridgehead atoms. The summed E-state index contributed by atoms with van der Waals surface area (Å²) in [6, 6.07) is 1.80. The van der Waals surface area contributed by atoms with Crippen molar-refractivity contribution in [3.8, 4) is 0 Å². The third-order valence-electron chi connectivity index (χ3n) is 1.28. The summed E-state index contributed by atoms with van der Waals surface area (Å²) in [6.45, 7) is 1.88. The summed E-state index contributed by atoms with van der Waals surface area (Å²) in [5, 5.41) is 6.93. The Morgan fingerprint density at radius 3 is 2.90 bits per heavy atom. The summed E-state index contributed by atoms with van der Waals surface area (Å²) in [4.78, 5) is 3.93. The molecule has 0 aromatic carbocycles. The molecule has 52 valence electrons. The monoisotopic (exact) mass is 135 g/mol. The lowest BCUT2D eigenvalue weighted by atomic mass is 10.2. The molecule has 0 saturated carbocycles. The summed E-state index contributed by atoms with van der Waals surface area (Å²) in [7, 11) is 0. The SMILES string of the molecule is Cc1cc(N)cnc1C=N. The van der Waals surface area contributed by atoms with Crippen LogP contribution in [0.4, 0.5) is 5.69 Å². The molecule has 0 radical (unpaired) electrons. The zero-order valence-corrected chi connectivity index (χ0v) is 5.76. The standard InChI is InChI=1S/C7H9N3/c1-5-2-6(9)4-10-7(5)3-8/h2-4,8H,9H2,1H3. The van der Waals surface area contributed by atoms with Crippen molar-refractivity contribution < 1.29 is 0 Å². The normalized spacial score (nSPS) is 9.30. The molecule has 1 rings (SSSR count). The van der Waals surface area contributed by atoms with E-state index in [1.807, 2.05) is 6.92 Å². The first-order valence-corrected chi connectivity index (χ1v) is 2.96. The van der Waals surface area contributed by atoms with E-state index in [2.05, 4.69) is 4.98 Å². The number of nitrogens with zero attached hydrogens (tertiary/aromatic N) is 1. The van der Waals surface area contributed by atoms with Gasteiger partial charge in [0.25, 0.3) is 0 Å². The minimum Gasteiger partial charge on any atom is -0.397 e. The smallest absolute Gasteiger partial charge is 0.0835 e. The third-order valence-corrected chi connectivity index (χ3v) is 1.28. The van der Waals surface area contributed by atoms with Crippen LogP contribution in [0.3, 0.4) is 0 Å². The van der Waals surface area contributed by atoms with Crippen molar-refractivity contribution in [1.82, 2.24) is 4.98 Å². The Kier molecular flexibility index (Phi) is 1.67. The molecule has 0 spiro atoms. The molecule has 1 aromatic rings. The summed E-state index contributed by atoms with van der Waals surface area (Å²) in [5.74, 6) is 0. The molecule has 0 saturated heterocycles. The van der Waals surface area contributed by atoms with Crippen molar-refractivity contribution in [1.29, 1.82) is 5.41 Å². The first kappa shape index (κ1) is 6.74. The van der Waals surface area contributed by atoms with Crippen LogP contribution in [0.25, 0.3) is 0 Å². The number of anilines is 1. The molecule has 0 aliphatic heterocycles. The molecule has 0 aliphatic rings. The highest BCUT2D eigenvalue weighted by Crippen LogP contribution is 2.05. The van der Waals surface area contributed by atoms with Crippen molar-refractivity contribution in [2.24, 2.45) is 0 Å². The molecule has 0 aliphatic carbocycles. The molecular weight excluding hydrogens is 126 g/mol. The van der Waals surface area contributed by atoms with Crippen molar-refractivity contribution in [2.45, 2.75) is 6.92 Å². The first-order valence-electron chi connectivity index (χ1n) is 2.96. The fourth-order valence-corrected chi connectivity index (χ4v) is 0.758. The van der Waals surface area contributed by atoms with Gasteiger partial charge in [-0.3, -0.25) is 4.98 Å². The van der Waals surface area contributed by atoms with E-state index in [9.17, 15) is 0 Å². The lowest BCUT2D eigenvalue weighted by Gasteiger charge is -1.97. The van der Waals surface area contributed by atoms with Crippen LogP contribution in [0.2, 0.25) is 0 Å². The lowest BCUT2D eigenvalue weighted by molar-refractivity contribution is 1.24. The Balaban J connectivity index is 3.19. The van der Waals surface area contributed by atoms with E-state index < -0.39 is 0 Å². The maximum Gasteiger partial charge on any atom is 0.0835 e. The Morgan fingerprint density at radius 1 is 1.70 bits per heavy atom. The number of aryl methyl sites for hydroxylation is 1. The minimum absolute atomic E-state index is 0.642. The Morgan fingerprint density at radius 2 is 2.40 bits per heavy atom. The fourth-order valence-electron chi connectivity index (χ4n) is 0.758. The van der Waals surface area contributed by atoms with Crippen LogP contribution in [0, 0.1) is 12.3 Å². The number of hydrogen-bond acceptors (Lipinski definition) is 3. The third kappa shape index (κ3) is 1.13. The summed E-state index contributed by atoms with van der Waals surface area (Å²) < 4.78 is 0. The van der Waals surface area contributed by atoms with Crippen LogP contribution >= 0.6 is 0 Å². The largest absolute Gasteiger partial charge is 0.397 e. The van der Waals surface area contributed by atoms with Crippen LogP contribution in [0.5, 0.6) is 0 Å². The van der Waals surface area contributed by atoms with Gasteiger partial charge >= 0.3 is 0 Å². The van der Waals surface area contributed by atoms with E-state index in [1.54, 1.807) is 12.3 Å². The second-order valence-corrected chi connectivity index (χ2v) is 2.12. The van der Waals surface area contributed by atoms with Gasteiger partial charge in [-0.1, -0.05) is 0 Å². The van der Waals surface area contributed by atoms with Crippen LogP contribution in [-0.2, 0) is 0 Å². The van der Waals surface area contributed by atoms with Gasteiger partial charge in [0.05, 0.1) is 17.6 Å². The maximum atomic E-state index is 6.93. The summed E-state index contributed by atoms with van der Waals surface area (Å²) in [5.41, 5.74) is 7.70. The Bertz CT molecular complexity index is 255. The fraction of sp³-hybridized carbons (Fsp3) is 0.143. The molecule has 3 N–H and O–H groups in total. The van der Waals surface area contributed by atoms with Crippen molar-refractivity contribution in [2.75, 3.05) is 5.73 Å². The molecule has 10 heavy (non-hydrogen) atoms. The number of nitrogen functional groups attached to an aromatic ring is 1. The minimum atomic E-state index is 0.642. The molecular formula is C7H9N3. The van der Waals surface area contributed by atoms with Gasteiger partial charge in [-0.15, -0.1) is 0 Å². The molecule has 0 amide bonds. The van der Waals surface area contributed by atoms with Crippen LogP contribution in [0.1, 0.15) is 11.3 Å². The predicted molar refractivity (Wildman–Crippen MR) is 41.3 cm³/mol. The molecule has 0 fully saturated rings. The zero-order valence-electron chi connectivity index (χ0n) is 5.76. The van der Waals surface area contributed by atoms with Gasteiger partial charge in [-0.2, -0.15) is 0 Å². The van der Waals surface area contributed by atoms with Gasteiger partial charge in [-0.25, -0.2) is 0 Å². The highest BCUT2D eigenvalue weighted by Gasteiger charge is 1.94. The van der Waals surface area contributed by atoms with E-state index in [0.29, 0.717) is 11.4 Å². The van der Waals surface area contributed by atoms with E-state index in [0.717, 1.165) is 5.56 Å². The average molecular weight is 135 g/mol. The number of hydrogen-bond donors (Lipinski definition) is 2. The van der Waals surface area contributed by atoms with Gasteiger partial charge < -0.3 is 11.1 Å². The number of nitrogens with one attached hydrogen (secondary N) is 1. The topological polar surface area (TPSA) is 62.8 Å². The quantitative estimate of drug-likeness (QED) is 0.563. The van der Waals surface area contributed by atoms with Crippen molar-refractivity contribution in [3.05, 3.63) is 23.5 Å². The summed E-state index contributed by atoms with van der Waals surface area (Å²) in [6.07, 6.45) is 2.77. The van der Waals surface area contributed by atoms with Gasteiger partial charge in [-0.05, 0) is 18.6 Å². The van der Waals surface area contributed by atoms with Crippen molar-refractivity contribution in [3.63, 3.8) is 0 Å². The second-order valence-electron chi connectivity index (χ2n) is 2.12. The van der Waals surface area contributed by atoms with Gasteiger partial charge in [0.1, 0.15) is 0 Å². The van der Waals surface area contributed by atoms with Crippen LogP contribution in [0.15, 0.2) is 12.3 Å². The highest BCUT2D eigenvalue weighted by molar-refractivity contribution is 5.76. The highest BCUT2D eigenvalue weighted by atomic mass is 14.7. The molecule has 1 heterocycles. The predicted octanol–water partition coefficient (Wildman–Crippen LogP) is 0.970. The molecule has 3 nitrogen and oxygen atoms in total. The molecule has 1 aromatic heterocycles. The van der Waals surface area contributed by atoms with Crippen molar-refractivity contribution >= 4 is 11.9 Å².